The normalized spacial score (nSPS) is 10.4. The SMILES string of the molecule is CCOc1ccc(C(=O)NCc2ccc(Cl)cc2)cc1COc1ccccc1Cl. The molecule has 0 saturated heterocycles. The van der Waals surface area contributed by atoms with Crippen LogP contribution in [0.1, 0.15) is 28.4 Å². The molecule has 3 aromatic rings. The number of amides is 1. The Hall–Kier alpha value is -2.69. The molecule has 4 nitrogen and oxygen atoms in total. The van der Waals surface area contributed by atoms with Gasteiger partial charge in [-0.1, -0.05) is 47.5 Å². The quantitative estimate of drug-likeness (QED) is 0.484. The Morgan fingerprint density at radius 3 is 2.41 bits per heavy atom. The Morgan fingerprint density at radius 2 is 1.69 bits per heavy atom. The van der Waals surface area contributed by atoms with Crippen LogP contribution in [0.2, 0.25) is 10.0 Å². The molecule has 0 atom stereocenters. The van der Waals surface area contributed by atoms with Crippen LogP contribution < -0.4 is 14.8 Å². The van der Waals surface area contributed by atoms with Crippen molar-refractivity contribution in [2.24, 2.45) is 0 Å². The molecule has 0 spiro atoms. The smallest absolute Gasteiger partial charge is 0.251 e. The van der Waals surface area contributed by atoms with Gasteiger partial charge in [-0.05, 0) is 55.0 Å². The van der Waals surface area contributed by atoms with Gasteiger partial charge in [0.2, 0.25) is 0 Å². The summed E-state index contributed by atoms with van der Waals surface area (Å²) in [5, 5.41) is 4.10. The number of hydrogen-bond acceptors (Lipinski definition) is 3. The molecule has 0 aliphatic heterocycles. The van der Waals surface area contributed by atoms with Gasteiger partial charge in [-0.25, -0.2) is 0 Å². The topological polar surface area (TPSA) is 47.6 Å². The van der Waals surface area contributed by atoms with Gasteiger partial charge in [-0.2, -0.15) is 0 Å². The number of para-hydroxylation sites is 1. The van der Waals surface area contributed by atoms with Crippen molar-refractivity contribution in [1.29, 1.82) is 0 Å². The summed E-state index contributed by atoms with van der Waals surface area (Å²) in [6.07, 6.45) is 0. The summed E-state index contributed by atoms with van der Waals surface area (Å²) < 4.78 is 11.5. The van der Waals surface area contributed by atoms with Gasteiger partial charge in [-0.15, -0.1) is 0 Å². The van der Waals surface area contributed by atoms with Crippen LogP contribution in [-0.4, -0.2) is 12.5 Å². The average Bonchev–Trinajstić information content (AvgIpc) is 2.73. The van der Waals surface area contributed by atoms with Crippen LogP contribution in [0.4, 0.5) is 0 Å². The third-order valence-corrected chi connectivity index (χ3v) is 4.77. The molecule has 1 N–H and O–H groups in total. The maximum atomic E-state index is 12.6. The first-order chi connectivity index (χ1) is 14.1. The van der Waals surface area contributed by atoms with E-state index in [-0.39, 0.29) is 12.5 Å². The van der Waals surface area contributed by atoms with Gasteiger partial charge in [-0.3, -0.25) is 4.79 Å². The molecular weight excluding hydrogens is 409 g/mol. The van der Waals surface area contributed by atoms with Gasteiger partial charge in [0.25, 0.3) is 5.91 Å². The first kappa shape index (κ1) is 21.0. The van der Waals surface area contributed by atoms with E-state index in [1.54, 1.807) is 42.5 Å². The number of carbonyl (C=O) groups excluding carboxylic acids is 1. The zero-order chi connectivity index (χ0) is 20.6. The maximum absolute atomic E-state index is 12.6. The molecule has 0 unspecified atom stereocenters. The summed E-state index contributed by atoms with van der Waals surface area (Å²) in [4.78, 5) is 12.6. The maximum Gasteiger partial charge on any atom is 0.251 e. The van der Waals surface area contributed by atoms with E-state index in [9.17, 15) is 4.79 Å². The number of ether oxygens (including phenoxy) is 2. The number of benzene rings is 3. The van der Waals surface area contributed by atoms with Crippen LogP contribution in [0.15, 0.2) is 66.7 Å². The number of carbonyl (C=O) groups is 1. The van der Waals surface area contributed by atoms with Crippen LogP contribution in [-0.2, 0) is 13.2 Å². The molecular formula is C23H21Cl2NO3. The molecule has 0 radical (unpaired) electrons. The standard InChI is InChI=1S/C23H21Cl2NO3/c1-2-28-21-12-9-17(23(27)26-14-16-7-10-19(24)11-8-16)13-18(21)15-29-22-6-4-3-5-20(22)25/h3-13H,2,14-15H2,1H3,(H,26,27). The van der Waals surface area contributed by atoms with Gasteiger partial charge in [0, 0.05) is 22.7 Å². The fraction of sp³-hybridized carbons (Fsp3) is 0.174. The number of rotatable bonds is 8. The van der Waals surface area contributed by atoms with Crippen molar-refractivity contribution < 1.29 is 14.3 Å². The third-order valence-electron chi connectivity index (χ3n) is 4.21. The van der Waals surface area contributed by atoms with Crippen molar-refractivity contribution in [3.8, 4) is 11.5 Å². The third kappa shape index (κ3) is 5.89. The van der Waals surface area contributed by atoms with E-state index >= 15 is 0 Å². The van der Waals surface area contributed by atoms with E-state index in [0.29, 0.717) is 40.3 Å². The highest BCUT2D eigenvalue weighted by molar-refractivity contribution is 6.32. The van der Waals surface area contributed by atoms with E-state index < -0.39 is 0 Å². The Labute approximate surface area is 180 Å². The van der Waals surface area contributed by atoms with Crippen LogP contribution in [0, 0.1) is 0 Å². The highest BCUT2D eigenvalue weighted by Gasteiger charge is 2.12. The summed E-state index contributed by atoms with van der Waals surface area (Å²) in [5.41, 5.74) is 2.27. The fourth-order valence-electron chi connectivity index (χ4n) is 2.73. The second-order valence-electron chi connectivity index (χ2n) is 6.28. The number of hydrogen-bond donors (Lipinski definition) is 1. The van der Waals surface area contributed by atoms with Crippen molar-refractivity contribution in [1.82, 2.24) is 5.32 Å². The molecule has 0 bridgehead atoms. The minimum atomic E-state index is -0.179. The molecule has 0 fully saturated rings. The molecule has 0 aliphatic carbocycles. The van der Waals surface area contributed by atoms with Crippen LogP contribution >= 0.6 is 23.2 Å². The molecule has 3 rings (SSSR count). The summed E-state index contributed by atoms with van der Waals surface area (Å²) in [6, 6.07) is 19.9. The lowest BCUT2D eigenvalue weighted by atomic mass is 10.1. The summed E-state index contributed by atoms with van der Waals surface area (Å²) in [5.74, 6) is 1.07. The minimum absolute atomic E-state index is 0.179. The molecule has 0 aromatic heterocycles. The Morgan fingerprint density at radius 1 is 0.931 bits per heavy atom. The first-order valence-electron chi connectivity index (χ1n) is 9.22. The van der Waals surface area contributed by atoms with Crippen LogP contribution in [0.25, 0.3) is 0 Å². The summed E-state index contributed by atoms with van der Waals surface area (Å²) in [6.45, 7) is 3.07. The van der Waals surface area contributed by atoms with Gasteiger partial charge in [0.1, 0.15) is 18.1 Å². The molecule has 0 saturated carbocycles. The van der Waals surface area contributed by atoms with Gasteiger partial charge < -0.3 is 14.8 Å². The average molecular weight is 430 g/mol. The zero-order valence-electron chi connectivity index (χ0n) is 16.0. The van der Waals surface area contributed by atoms with E-state index in [4.69, 9.17) is 32.7 Å². The monoisotopic (exact) mass is 429 g/mol. The van der Waals surface area contributed by atoms with E-state index in [2.05, 4.69) is 5.32 Å². The second-order valence-corrected chi connectivity index (χ2v) is 7.13. The summed E-state index contributed by atoms with van der Waals surface area (Å²) in [7, 11) is 0. The number of nitrogens with one attached hydrogen (secondary N) is 1. The van der Waals surface area contributed by atoms with Crippen LogP contribution in [0.5, 0.6) is 11.5 Å². The second kappa shape index (κ2) is 10.2. The van der Waals surface area contributed by atoms with E-state index in [1.807, 2.05) is 31.2 Å². The van der Waals surface area contributed by atoms with Crippen molar-refractivity contribution in [2.75, 3.05) is 6.61 Å². The molecule has 0 aliphatic rings. The predicted molar refractivity (Wildman–Crippen MR) is 116 cm³/mol. The molecule has 0 heterocycles. The Bertz CT molecular complexity index is 974. The highest BCUT2D eigenvalue weighted by atomic mass is 35.5. The largest absolute Gasteiger partial charge is 0.493 e. The lowest BCUT2D eigenvalue weighted by molar-refractivity contribution is 0.0950. The van der Waals surface area contributed by atoms with E-state index in [1.165, 1.54) is 0 Å². The minimum Gasteiger partial charge on any atom is -0.493 e. The molecule has 6 heteroatoms. The molecule has 29 heavy (non-hydrogen) atoms. The number of halogens is 2. The zero-order valence-corrected chi connectivity index (χ0v) is 17.5. The van der Waals surface area contributed by atoms with Crippen molar-refractivity contribution >= 4 is 29.1 Å². The molecule has 150 valence electrons. The van der Waals surface area contributed by atoms with Crippen LogP contribution in [0.3, 0.4) is 0 Å². The van der Waals surface area contributed by atoms with E-state index in [0.717, 1.165) is 11.1 Å². The van der Waals surface area contributed by atoms with Crippen molar-refractivity contribution in [3.63, 3.8) is 0 Å². The Kier molecular flexibility index (Phi) is 7.39. The Balaban J connectivity index is 1.71. The lowest BCUT2D eigenvalue weighted by Gasteiger charge is -2.14. The van der Waals surface area contributed by atoms with Gasteiger partial charge >= 0.3 is 0 Å². The van der Waals surface area contributed by atoms with Gasteiger partial charge in [0.05, 0.1) is 11.6 Å². The first-order valence-corrected chi connectivity index (χ1v) is 9.98. The van der Waals surface area contributed by atoms with Gasteiger partial charge in [0.15, 0.2) is 0 Å². The summed E-state index contributed by atoms with van der Waals surface area (Å²) >= 11 is 12.0. The molecule has 1 amide bonds. The lowest BCUT2D eigenvalue weighted by Crippen LogP contribution is -2.23. The van der Waals surface area contributed by atoms with Crippen molar-refractivity contribution in [2.45, 2.75) is 20.1 Å². The van der Waals surface area contributed by atoms with Crippen molar-refractivity contribution in [3.05, 3.63) is 93.5 Å². The fourth-order valence-corrected chi connectivity index (χ4v) is 3.05. The highest BCUT2D eigenvalue weighted by Crippen LogP contribution is 2.27. The predicted octanol–water partition coefficient (Wildman–Crippen LogP) is 5.90. The molecule has 3 aromatic carbocycles.